The molecular formula is C20H21FN6O2. The Balaban J connectivity index is 1.77. The molecule has 1 N–H and O–H groups in total. The smallest absolute Gasteiger partial charge is 0.279 e. The van der Waals surface area contributed by atoms with E-state index in [1.54, 1.807) is 36.2 Å². The average Bonchev–Trinajstić information content (AvgIpc) is 3.14. The lowest BCUT2D eigenvalue weighted by Crippen LogP contribution is -2.50. The lowest BCUT2D eigenvalue weighted by atomic mass is 10.1. The minimum Gasteiger partial charge on any atom is -0.336 e. The van der Waals surface area contributed by atoms with Gasteiger partial charge >= 0.3 is 0 Å². The summed E-state index contributed by atoms with van der Waals surface area (Å²) in [6.07, 6.45) is 3.48. The lowest BCUT2D eigenvalue weighted by Gasteiger charge is -2.35. The minimum absolute atomic E-state index is 0.181. The molecule has 1 amide bonds. The van der Waals surface area contributed by atoms with E-state index in [-0.39, 0.29) is 17.4 Å². The summed E-state index contributed by atoms with van der Waals surface area (Å²) in [6.45, 7) is 3.17. The molecule has 1 aliphatic rings. The van der Waals surface area contributed by atoms with Crippen LogP contribution in [0, 0.1) is 12.7 Å². The number of hydrogen-bond donors (Lipinski definition) is 1. The van der Waals surface area contributed by atoms with E-state index in [2.05, 4.69) is 15.4 Å². The predicted molar refractivity (Wildman–Crippen MR) is 104 cm³/mol. The Kier molecular flexibility index (Phi) is 4.98. The molecule has 29 heavy (non-hydrogen) atoms. The summed E-state index contributed by atoms with van der Waals surface area (Å²) in [4.78, 5) is 31.9. The van der Waals surface area contributed by atoms with E-state index >= 15 is 0 Å². The Bertz CT molecular complexity index is 1120. The summed E-state index contributed by atoms with van der Waals surface area (Å²) >= 11 is 0. The first-order chi connectivity index (χ1) is 14.0. The molecule has 1 atom stereocenters. The topological polar surface area (TPSA) is 85.1 Å². The van der Waals surface area contributed by atoms with Gasteiger partial charge in [-0.05, 0) is 19.1 Å². The number of rotatable bonds is 3. The SMILES string of the molecule is Cc1cc(=O)c(C(=O)N2CCNCC2c2nccn2C)nn1-c1ccccc1F. The second kappa shape index (κ2) is 7.59. The van der Waals surface area contributed by atoms with Crippen molar-refractivity contribution in [3.63, 3.8) is 0 Å². The van der Waals surface area contributed by atoms with Gasteiger partial charge < -0.3 is 14.8 Å². The Morgan fingerprint density at radius 3 is 2.83 bits per heavy atom. The van der Waals surface area contributed by atoms with Crippen molar-refractivity contribution in [2.75, 3.05) is 19.6 Å². The van der Waals surface area contributed by atoms with Crippen LogP contribution in [0.15, 0.2) is 47.5 Å². The number of hydrogen-bond acceptors (Lipinski definition) is 5. The number of benzene rings is 1. The number of piperazine rings is 1. The van der Waals surface area contributed by atoms with Crippen molar-refractivity contribution in [3.05, 3.63) is 76.0 Å². The molecule has 9 heteroatoms. The maximum Gasteiger partial charge on any atom is 0.279 e. The summed E-state index contributed by atoms with van der Waals surface area (Å²) in [5.41, 5.74) is -0.102. The third-order valence-corrected chi connectivity index (χ3v) is 5.05. The number of nitrogens with one attached hydrogen (secondary N) is 1. The lowest BCUT2D eigenvalue weighted by molar-refractivity contribution is 0.0611. The van der Waals surface area contributed by atoms with Gasteiger partial charge in [-0.3, -0.25) is 9.59 Å². The molecule has 1 saturated heterocycles. The molecule has 3 aromatic rings. The summed E-state index contributed by atoms with van der Waals surface area (Å²) in [5, 5.41) is 7.50. The average molecular weight is 396 g/mol. The van der Waals surface area contributed by atoms with E-state index < -0.39 is 17.2 Å². The van der Waals surface area contributed by atoms with Gasteiger partial charge in [-0.2, -0.15) is 5.10 Å². The van der Waals surface area contributed by atoms with Crippen LogP contribution in [0.25, 0.3) is 5.69 Å². The maximum atomic E-state index is 14.3. The van der Waals surface area contributed by atoms with E-state index in [0.717, 1.165) is 0 Å². The van der Waals surface area contributed by atoms with Crippen LogP contribution in [0.5, 0.6) is 0 Å². The van der Waals surface area contributed by atoms with Crippen LogP contribution in [0.4, 0.5) is 4.39 Å². The number of para-hydroxylation sites is 1. The first-order valence-electron chi connectivity index (χ1n) is 9.32. The predicted octanol–water partition coefficient (Wildman–Crippen LogP) is 1.20. The highest BCUT2D eigenvalue weighted by molar-refractivity contribution is 5.92. The maximum absolute atomic E-state index is 14.3. The van der Waals surface area contributed by atoms with Crippen molar-refractivity contribution in [1.82, 2.24) is 29.5 Å². The van der Waals surface area contributed by atoms with Crippen molar-refractivity contribution in [3.8, 4) is 5.69 Å². The van der Waals surface area contributed by atoms with Gasteiger partial charge in [0.2, 0.25) is 5.43 Å². The van der Waals surface area contributed by atoms with Crippen molar-refractivity contribution in [2.45, 2.75) is 13.0 Å². The first-order valence-corrected chi connectivity index (χ1v) is 9.32. The fourth-order valence-electron chi connectivity index (χ4n) is 3.58. The van der Waals surface area contributed by atoms with E-state index in [9.17, 15) is 14.0 Å². The van der Waals surface area contributed by atoms with Gasteiger partial charge in [0.25, 0.3) is 5.91 Å². The molecule has 1 unspecified atom stereocenters. The molecule has 1 fully saturated rings. The zero-order valence-corrected chi connectivity index (χ0v) is 16.2. The quantitative estimate of drug-likeness (QED) is 0.719. The Hall–Kier alpha value is -3.33. The van der Waals surface area contributed by atoms with Crippen LogP contribution in [-0.4, -0.2) is 49.8 Å². The number of halogens is 1. The van der Waals surface area contributed by atoms with Crippen LogP contribution in [0.2, 0.25) is 0 Å². The highest BCUT2D eigenvalue weighted by Crippen LogP contribution is 2.22. The Morgan fingerprint density at radius 1 is 1.31 bits per heavy atom. The summed E-state index contributed by atoms with van der Waals surface area (Å²) in [7, 11) is 1.86. The number of imidazole rings is 1. The number of amides is 1. The molecule has 1 aliphatic heterocycles. The molecule has 8 nitrogen and oxygen atoms in total. The molecule has 4 rings (SSSR count). The van der Waals surface area contributed by atoms with Crippen LogP contribution in [-0.2, 0) is 7.05 Å². The third-order valence-electron chi connectivity index (χ3n) is 5.05. The molecule has 0 saturated carbocycles. The first kappa shape index (κ1) is 19.0. The van der Waals surface area contributed by atoms with Crippen LogP contribution in [0.1, 0.15) is 28.0 Å². The van der Waals surface area contributed by atoms with E-state index in [1.807, 2.05) is 17.8 Å². The van der Waals surface area contributed by atoms with Crippen LogP contribution < -0.4 is 10.7 Å². The van der Waals surface area contributed by atoms with Gasteiger partial charge in [-0.25, -0.2) is 14.1 Å². The second-order valence-corrected chi connectivity index (χ2v) is 6.98. The normalized spacial score (nSPS) is 16.8. The number of aryl methyl sites for hydroxylation is 2. The molecular weight excluding hydrogens is 375 g/mol. The van der Waals surface area contributed by atoms with Gasteiger partial charge in [0.1, 0.15) is 23.4 Å². The van der Waals surface area contributed by atoms with Crippen LogP contribution in [0.3, 0.4) is 0 Å². The van der Waals surface area contributed by atoms with Crippen molar-refractivity contribution in [1.29, 1.82) is 0 Å². The largest absolute Gasteiger partial charge is 0.336 e. The standard InChI is InChI=1S/C20H21FN6O2/c1-13-11-17(28)18(24-27(13)15-6-4-3-5-14(15)21)20(29)26-10-7-22-12-16(26)19-23-8-9-25(19)2/h3-6,8-9,11,16,22H,7,10,12H2,1-2H3. The number of carbonyl (C=O) groups excluding carboxylic acids is 1. The van der Waals surface area contributed by atoms with E-state index in [1.165, 1.54) is 16.8 Å². The number of aromatic nitrogens is 4. The van der Waals surface area contributed by atoms with Gasteiger partial charge in [-0.15, -0.1) is 0 Å². The van der Waals surface area contributed by atoms with Gasteiger partial charge in [0, 0.05) is 50.8 Å². The highest BCUT2D eigenvalue weighted by atomic mass is 19.1. The van der Waals surface area contributed by atoms with Crippen molar-refractivity contribution >= 4 is 5.91 Å². The van der Waals surface area contributed by atoms with E-state index in [0.29, 0.717) is 31.2 Å². The molecule has 150 valence electrons. The zero-order valence-electron chi connectivity index (χ0n) is 16.2. The highest BCUT2D eigenvalue weighted by Gasteiger charge is 2.33. The number of nitrogens with zero attached hydrogens (tertiary/aromatic N) is 5. The van der Waals surface area contributed by atoms with E-state index in [4.69, 9.17) is 0 Å². The fraction of sp³-hybridized carbons (Fsp3) is 0.300. The van der Waals surface area contributed by atoms with Gasteiger partial charge in [-0.1, -0.05) is 12.1 Å². The molecule has 0 bridgehead atoms. The van der Waals surface area contributed by atoms with Crippen molar-refractivity contribution < 1.29 is 9.18 Å². The zero-order chi connectivity index (χ0) is 20.5. The minimum atomic E-state index is -0.491. The van der Waals surface area contributed by atoms with Crippen LogP contribution >= 0.6 is 0 Å². The Labute approximate surface area is 166 Å². The molecule has 1 aromatic carbocycles. The van der Waals surface area contributed by atoms with Crippen molar-refractivity contribution in [2.24, 2.45) is 7.05 Å². The second-order valence-electron chi connectivity index (χ2n) is 6.98. The Morgan fingerprint density at radius 2 is 2.10 bits per heavy atom. The van der Waals surface area contributed by atoms with Gasteiger partial charge in [0.15, 0.2) is 5.69 Å². The molecule has 3 heterocycles. The third kappa shape index (κ3) is 3.44. The fourth-order valence-corrected chi connectivity index (χ4v) is 3.58. The summed E-state index contributed by atoms with van der Waals surface area (Å²) in [6, 6.07) is 7.08. The number of carbonyl (C=O) groups is 1. The summed E-state index contributed by atoms with van der Waals surface area (Å²) in [5.74, 6) is -0.264. The molecule has 0 aliphatic carbocycles. The molecule has 0 spiro atoms. The monoisotopic (exact) mass is 396 g/mol. The molecule has 0 radical (unpaired) electrons. The summed E-state index contributed by atoms with van der Waals surface area (Å²) < 4.78 is 17.4. The molecule has 2 aromatic heterocycles. The van der Waals surface area contributed by atoms with Gasteiger partial charge in [0.05, 0.1) is 0 Å².